The summed E-state index contributed by atoms with van der Waals surface area (Å²) in [5.74, 6) is -1.47. The summed E-state index contributed by atoms with van der Waals surface area (Å²) in [7, 11) is -3.37. The highest BCUT2D eigenvalue weighted by molar-refractivity contribution is 7.92. The summed E-state index contributed by atoms with van der Waals surface area (Å²) >= 11 is 0. The van der Waals surface area contributed by atoms with Gasteiger partial charge in [0.1, 0.15) is 0 Å². The Morgan fingerprint density at radius 1 is 1.30 bits per heavy atom. The quantitative estimate of drug-likeness (QED) is 0.685. The SMILES string of the molecule is CC[C@@H](C)NC(=O)NC(=O)COC(=O)c1ccc2c(c1)CCN2S(C)(=O)=O. The molecule has 0 bridgehead atoms. The zero-order chi connectivity index (χ0) is 20.2. The lowest BCUT2D eigenvalue weighted by atomic mass is 10.1. The molecule has 0 unspecified atom stereocenters. The van der Waals surface area contributed by atoms with E-state index >= 15 is 0 Å². The molecule has 27 heavy (non-hydrogen) atoms. The van der Waals surface area contributed by atoms with E-state index in [1.54, 1.807) is 19.1 Å². The Labute approximate surface area is 158 Å². The van der Waals surface area contributed by atoms with Crippen molar-refractivity contribution in [1.82, 2.24) is 10.6 Å². The molecule has 3 amide bonds. The smallest absolute Gasteiger partial charge is 0.338 e. The van der Waals surface area contributed by atoms with Gasteiger partial charge in [0.05, 0.1) is 17.5 Å². The van der Waals surface area contributed by atoms with Gasteiger partial charge in [-0.3, -0.25) is 14.4 Å². The number of nitrogens with zero attached hydrogens (tertiary/aromatic N) is 1. The van der Waals surface area contributed by atoms with Gasteiger partial charge in [-0.05, 0) is 43.5 Å². The van der Waals surface area contributed by atoms with E-state index in [4.69, 9.17) is 4.74 Å². The summed E-state index contributed by atoms with van der Waals surface area (Å²) < 4.78 is 29.6. The standard InChI is InChI=1S/C17H23N3O6S/c1-4-11(2)18-17(23)19-15(21)10-26-16(22)13-5-6-14-12(9-13)7-8-20(14)27(3,24)25/h5-6,9,11H,4,7-8,10H2,1-3H3,(H2,18,19,21,23)/t11-/m1/s1. The van der Waals surface area contributed by atoms with Gasteiger partial charge in [-0.15, -0.1) is 0 Å². The number of fused-ring (bicyclic) bond motifs is 1. The van der Waals surface area contributed by atoms with Crippen molar-refractivity contribution in [3.8, 4) is 0 Å². The maximum atomic E-state index is 12.1. The van der Waals surface area contributed by atoms with Crippen LogP contribution in [0.15, 0.2) is 18.2 Å². The molecule has 148 valence electrons. The van der Waals surface area contributed by atoms with E-state index in [0.717, 1.165) is 6.26 Å². The van der Waals surface area contributed by atoms with Crippen molar-refractivity contribution in [3.05, 3.63) is 29.3 Å². The molecule has 0 fully saturated rings. The molecule has 2 N–H and O–H groups in total. The van der Waals surface area contributed by atoms with Gasteiger partial charge in [0.2, 0.25) is 10.0 Å². The van der Waals surface area contributed by atoms with Crippen LogP contribution in [0.2, 0.25) is 0 Å². The number of rotatable bonds is 6. The van der Waals surface area contributed by atoms with Crippen molar-refractivity contribution in [2.45, 2.75) is 32.7 Å². The second-order valence-corrected chi connectivity index (χ2v) is 8.24. The number of anilines is 1. The third-order valence-corrected chi connectivity index (χ3v) is 5.33. The minimum absolute atomic E-state index is 0.0849. The summed E-state index contributed by atoms with van der Waals surface area (Å²) in [4.78, 5) is 35.3. The van der Waals surface area contributed by atoms with Crippen molar-refractivity contribution in [1.29, 1.82) is 0 Å². The lowest BCUT2D eigenvalue weighted by molar-refractivity contribution is -0.123. The number of hydrogen-bond acceptors (Lipinski definition) is 6. The van der Waals surface area contributed by atoms with Crippen LogP contribution in [0.25, 0.3) is 0 Å². The summed E-state index contributed by atoms with van der Waals surface area (Å²) in [5, 5.41) is 4.64. The van der Waals surface area contributed by atoms with Gasteiger partial charge >= 0.3 is 12.0 Å². The second-order valence-electron chi connectivity index (χ2n) is 6.34. The molecule has 10 heteroatoms. The molecule has 1 atom stereocenters. The predicted molar refractivity (Wildman–Crippen MR) is 99.0 cm³/mol. The number of amides is 3. The van der Waals surface area contributed by atoms with E-state index in [1.165, 1.54) is 10.4 Å². The third kappa shape index (κ3) is 5.43. The number of hydrogen-bond donors (Lipinski definition) is 2. The average Bonchev–Trinajstić information content (AvgIpc) is 3.02. The molecule has 1 aliphatic rings. The molecule has 0 aliphatic carbocycles. The van der Waals surface area contributed by atoms with E-state index in [9.17, 15) is 22.8 Å². The fourth-order valence-corrected chi connectivity index (χ4v) is 3.54. The van der Waals surface area contributed by atoms with Gasteiger partial charge < -0.3 is 10.1 Å². The first-order chi connectivity index (χ1) is 12.6. The molecule has 0 radical (unpaired) electrons. The fourth-order valence-electron chi connectivity index (χ4n) is 2.58. The number of imide groups is 1. The molecule has 0 aromatic heterocycles. The fraction of sp³-hybridized carbons (Fsp3) is 0.471. The van der Waals surface area contributed by atoms with Gasteiger partial charge in [-0.25, -0.2) is 18.0 Å². The minimum Gasteiger partial charge on any atom is -0.452 e. The minimum atomic E-state index is -3.37. The highest BCUT2D eigenvalue weighted by atomic mass is 32.2. The van der Waals surface area contributed by atoms with Crippen LogP contribution in [-0.4, -0.2) is 51.8 Å². The normalized spacial score (nSPS) is 14.3. The number of carbonyl (C=O) groups excluding carboxylic acids is 3. The second kappa shape index (κ2) is 8.38. The third-order valence-electron chi connectivity index (χ3n) is 4.15. The van der Waals surface area contributed by atoms with Gasteiger partial charge in [-0.1, -0.05) is 6.92 Å². The number of nitrogens with one attached hydrogen (secondary N) is 2. The number of carbonyl (C=O) groups is 3. The highest BCUT2D eigenvalue weighted by Gasteiger charge is 2.27. The topological polar surface area (TPSA) is 122 Å². The number of esters is 1. The first kappa shape index (κ1) is 20.7. The van der Waals surface area contributed by atoms with Gasteiger partial charge in [0.15, 0.2) is 6.61 Å². The maximum absolute atomic E-state index is 12.1. The maximum Gasteiger partial charge on any atom is 0.338 e. The summed E-state index contributed by atoms with van der Waals surface area (Å²) in [5.41, 5.74) is 1.46. The van der Waals surface area contributed by atoms with Crippen LogP contribution < -0.4 is 14.9 Å². The molecule has 2 rings (SSSR count). The van der Waals surface area contributed by atoms with Crippen LogP contribution in [0.4, 0.5) is 10.5 Å². The number of ether oxygens (including phenoxy) is 1. The summed E-state index contributed by atoms with van der Waals surface area (Å²) in [6.45, 7) is 3.41. The predicted octanol–water partition coefficient (Wildman–Crippen LogP) is 0.790. The van der Waals surface area contributed by atoms with Crippen molar-refractivity contribution in [3.63, 3.8) is 0 Å². The lowest BCUT2D eigenvalue weighted by Gasteiger charge is -2.16. The Morgan fingerprint density at radius 3 is 2.63 bits per heavy atom. The van der Waals surface area contributed by atoms with Crippen LogP contribution in [0.3, 0.4) is 0 Å². The van der Waals surface area contributed by atoms with Gasteiger partial charge in [-0.2, -0.15) is 0 Å². The van der Waals surface area contributed by atoms with Crippen LogP contribution >= 0.6 is 0 Å². The zero-order valence-corrected chi connectivity index (χ0v) is 16.3. The van der Waals surface area contributed by atoms with E-state index in [0.29, 0.717) is 30.6 Å². The lowest BCUT2D eigenvalue weighted by Crippen LogP contribution is -2.44. The van der Waals surface area contributed by atoms with Crippen molar-refractivity contribution in [2.75, 3.05) is 23.7 Å². The molecule has 1 aliphatic heterocycles. The van der Waals surface area contributed by atoms with Crippen LogP contribution in [0.5, 0.6) is 0 Å². The zero-order valence-electron chi connectivity index (χ0n) is 15.4. The van der Waals surface area contributed by atoms with E-state index in [2.05, 4.69) is 10.6 Å². The highest BCUT2D eigenvalue weighted by Crippen LogP contribution is 2.30. The van der Waals surface area contributed by atoms with Gasteiger partial charge in [0.25, 0.3) is 5.91 Å². The summed E-state index contributed by atoms with van der Waals surface area (Å²) in [6.07, 6.45) is 2.33. The largest absolute Gasteiger partial charge is 0.452 e. The Morgan fingerprint density at radius 2 is 2.00 bits per heavy atom. The number of benzene rings is 1. The molecule has 0 spiro atoms. The van der Waals surface area contributed by atoms with Crippen LogP contribution in [-0.2, 0) is 26.0 Å². The first-order valence-electron chi connectivity index (χ1n) is 8.50. The van der Waals surface area contributed by atoms with Crippen molar-refractivity contribution < 1.29 is 27.5 Å². The molecule has 1 heterocycles. The Balaban J connectivity index is 1.92. The Hall–Kier alpha value is -2.62. The average molecular weight is 397 g/mol. The van der Waals surface area contributed by atoms with Crippen molar-refractivity contribution >= 4 is 33.6 Å². The molecule has 0 saturated carbocycles. The molecule has 9 nitrogen and oxygen atoms in total. The summed E-state index contributed by atoms with van der Waals surface area (Å²) in [6, 6.07) is 3.80. The monoisotopic (exact) mass is 397 g/mol. The van der Waals surface area contributed by atoms with Crippen molar-refractivity contribution in [2.24, 2.45) is 0 Å². The van der Waals surface area contributed by atoms with E-state index in [1.807, 2.05) is 6.92 Å². The van der Waals surface area contributed by atoms with E-state index in [-0.39, 0.29) is 11.6 Å². The Kier molecular flexibility index (Phi) is 6.42. The van der Waals surface area contributed by atoms with Crippen LogP contribution in [0.1, 0.15) is 36.2 Å². The molecule has 1 aromatic rings. The number of sulfonamides is 1. The van der Waals surface area contributed by atoms with Crippen LogP contribution in [0, 0.1) is 0 Å². The molecule has 1 aromatic carbocycles. The molecular formula is C17H23N3O6S. The Bertz CT molecular complexity index is 852. The van der Waals surface area contributed by atoms with E-state index < -0.39 is 34.5 Å². The van der Waals surface area contributed by atoms with Gasteiger partial charge in [0, 0.05) is 12.6 Å². The number of urea groups is 1. The first-order valence-corrected chi connectivity index (χ1v) is 10.3. The molecular weight excluding hydrogens is 374 g/mol. The molecule has 0 saturated heterocycles.